The van der Waals surface area contributed by atoms with Gasteiger partial charge in [-0.25, -0.2) is 9.59 Å². The van der Waals surface area contributed by atoms with E-state index in [1.54, 1.807) is 11.8 Å². The Bertz CT molecular complexity index is 612. The van der Waals surface area contributed by atoms with Crippen molar-refractivity contribution in [3.63, 3.8) is 0 Å². The van der Waals surface area contributed by atoms with Gasteiger partial charge in [-0.1, -0.05) is 30.3 Å². The van der Waals surface area contributed by atoms with Crippen LogP contribution in [0.1, 0.15) is 53.5 Å². The topological polar surface area (TPSA) is 55.8 Å². The van der Waals surface area contributed by atoms with Crippen molar-refractivity contribution < 1.29 is 19.1 Å². The highest BCUT2D eigenvalue weighted by Crippen LogP contribution is 2.32. The molecule has 1 aromatic rings. The Hall–Kier alpha value is -1.69. The molecule has 0 aromatic heterocycles. The van der Waals surface area contributed by atoms with Crippen molar-refractivity contribution in [2.75, 3.05) is 6.54 Å². The summed E-state index contributed by atoms with van der Waals surface area (Å²) in [6, 6.07) is 9.58. The molecule has 1 amide bonds. The molecule has 1 saturated heterocycles. The predicted molar refractivity (Wildman–Crippen MR) is 109 cm³/mol. The van der Waals surface area contributed by atoms with Gasteiger partial charge in [-0.05, 0) is 53.5 Å². The van der Waals surface area contributed by atoms with Gasteiger partial charge in [0.25, 0.3) is 0 Å². The first kappa shape index (κ1) is 21.6. The molecule has 0 saturated carbocycles. The van der Waals surface area contributed by atoms with E-state index in [0.29, 0.717) is 13.0 Å². The number of benzene rings is 1. The Kier molecular flexibility index (Phi) is 6.84. The van der Waals surface area contributed by atoms with Gasteiger partial charge in [0, 0.05) is 17.5 Å². The van der Waals surface area contributed by atoms with Gasteiger partial charge in [0.2, 0.25) is 0 Å². The predicted octanol–water partition coefficient (Wildman–Crippen LogP) is 4.64. The first-order valence-electron chi connectivity index (χ1n) is 9.32. The molecule has 27 heavy (non-hydrogen) atoms. The molecule has 150 valence electrons. The van der Waals surface area contributed by atoms with E-state index < -0.39 is 23.3 Å². The standard InChI is InChI=1S/C21H31NO4S/c1-20(2,3)25-18(23)17-12-16(27-14-15-10-8-7-9-11-15)13-22(17)19(24)26-21(4,5)6/h7-11,16-17H,12-14H2,1-6H3/t16-,17-/m0/s1. The van der Waals surface area contributed by atoms with Gasteiger partial charge in [0.1, 0.15) is 17.2 Å². The highest BCUT2D eigenvalue weighted by Gasteiger charge is 2.43. The second-order valence-corrected chi connectivity index (χ2v) is 10.1. The van der Waals surface area contributed by atoms with Crippen LogP contribution in [0.2, 0.25) is 0 Å². The van der Waals surface area contributed by atoms with Crippen molar-refractivity contribution in [1.29, 1.82) is 0 Å². The van der Waals surface area contributed by atoms with Crippen LogP contribution in [0.3, 0.4) is 0 Å². The average molecular weight is 394 g/mol. The van der Waals surface area contributed by atoms with E-state index in [1.807, 2.05) is 59.7 Å². The van der Waals surface area contributed by atoms with Gasteiger partial charge in [-0.15, -0.1) is 0 Å². The molecular formula is C21H31NO4S. The molecule has 1 aliphatic heterocycles. The fraction of sp³-hybridized carbons (Fsp3) is 0.619. The van der Waals surface area contributed by atoms with Crippen LogP contribution in [-0.4, -0.2) is 46.0 Å². The number of ether oxygens (including phenoxy) is 2. The number of likely N-dealkylation sites (tertiary alicyclic amines) is 1. The maximum absolute atomic E-state index is 12.7. The molecular weight excluding hydrogens is 362 g/mol. The van der Waals surface area contributed by atoms with Crippen LogP contribution in [0.5, 0.6) is 0 Å². The van der Waals surface area contributed by atoms with Crippen LogP contribution in [0.15, 0.2) is 30.3 Å². The fourth-order valence-electron chi connectivity index (χ4n) is 2.82. The molecule has 2 rings (SSSR count). The third-order valence-corrected chi connectivity index (χ3v) is 5.21. The number of hydrogen-bond donors (Lipinski definition) is 0. The molecule has 0 unspecified atom stereocenters. The SMILES string of the molecule is CC(C)(C)OC(=O)[C@@H]1C[C@H](SCc2ccccc2)CN1C(=O)OC(C)(C)C. The minimum Gasteiger partial charge on any atom is -0.458 e. The van der Waals surface area contributed by atoms with Gasteiger partial charge < -0.3 is 9.47 Å². The number of carbonyl (C=O) groups is 2. The Morgan fingerprint density at radius 3 is 2.19 bits per heavy atom. The summed E-state index contributed by atoms with van der Waals surface area (Å²) in [5.41, 5.74) is 0.0311. The summed E-state index contributed by atoms with van der Waals surface area (Å²) in [6.45, 7) is 11.5. The Morgan fingerprint density at radius 1 is 1.04 bits per heavy atom. The monoisotopic (exact) mass is 393 g/mol. The van der Waals surface area contributed by atoms with Crippen molar-refractivity contribution in [2.45, 2.75) is 76.2 Å². The maximum Gasteiger partial charge on any atom is 0.411 e. The van der Waals surface area contributed by atoms with Crippen molar-refractivity contribution in [2.24, 2.45) is 0 Å². The molecule has 0 spiro atoms. The highest BCUT2D eigenvalue weighted by atomic mass is 32.2. The zero-order valence-corrected chi connectivity index (χ0v) is 18.0. The zero-order valence-electron chi connectivity index (χ0n) is 17.2. The van der Waals surface area contributed by atoms with E-state index in [9.17, 15) is 9.59 Å². The number of carbonyl (C=O) groups excluding carboxylic acids is 2. The second-order valence-electron chi connectivity index (χ2n) is 8.84. The third-order valence-electron chi connectivity index (χ3n) is 3.90. The van der Waals surface area contributed by atoms with Crippen LogP contribution < -0.4 is 0 Å². The van der Waals surface area contributed by atoms with Crippen molar-refractivity contribution >= 4 is 23.8 Å². The first-order chi connectivity index (χ1) is 12.4. The number of rotatable bonds is 4. The highest BCUT2D eigenvalue weighted by molar-refractivity contribution is 7.99. The lowest BCUT2D eigenvalue weighted by Crippen LogP contribution is -2.45. The maximum atomic E-state index is 12.7. The van der Waals surface area contributed by atoms with Gasteiger partial charge >= 0.3 is 12.1 Å². The van der Waals surface area contributed by atoms with E-state index in [2.05, 4.69) is 12.1 Å². The Morgan fingerprint density at radius 2 is 1.63 bits per heavy atom. The van der Waals surface area contributed by atoms with Crippen molar-refractivity contribution in [1.82, 2.24) is 4.90 Å². The quantitative estimate of drug-likeness (QED) is 0.698. The lowest BCUT2D eigenvalue weighted by atomic mass is 10.1. The molecule has 6 heteroatoms. The number of hydrogen-bond acceptors (Lipinski definition) is 5. The van der Waals surface area contributed by atoms with Gasteiger partial charge in [-0.2, -0.15) is 11.8 Å². The average Bonchev–Trinajstić information content (AvgIpc) is 2.95. The molecule has 0 bridgehead atoms. The molecule has 0 N–H and O–H groups in total. The number of esters is 1. The van der Waals surface area contributed by atoms with Gasteiger partial charge in [-0.3, -0.25) is 4.90 Å². The van der Waals surface area contributed by atoms with Crippen LogP contribution in [0.4, 0.5) is 4.79 Å². The molecule has 2 atom stereocenters. The number of nitrogens with zero attached hydrogens (tertiary/aromatic N) is 1. The van der Waals surface area contributed by atoms with Crippen molar-refractivity contribution in [3.05, 3.63) is 35.9 Å². The first-order valence-corrected chi connectivity index (χ1v) is 10.4. The second kappa shape index (κ2) is 8.55. The zero-order chi connectivity index (χ0) is 20.2. The summed E-state index contributed by atoms with van der Waals surface area (Å²) in [4.78, 5) is 26.9. The molecule has 1 fully saturated rings. The molecule has 0 radical (unpaired) electrons. The summed E-state index contributed by atoms with van der Waals surface area (Å²) in [5, 5.41) is 0.162. The van der Waals surface area contributed by atoms with Crippen LogP contribution >= 0.6 is 11.8 Å². The number of amides is 1. The normalized spacial score (nSPS) is 20.4. The summed E-state index contributed by atoms with van der Waals surface area (Å²) < 4.78 is 11.1. The minimum atomic E-state index is -0.606. The van der Waals surface area contributed by atoms with Crippen LogP contribution in [0, 0.1) is 0 Å². The Labute approximate surface area is 166 Å². The lowest BCUT2D eigenvalue weighted by Gasteiger charge is -2.29. The summed E-state index contributed by atoms with van der Waals surface area (Å²) >= 11 is 1.76. The van der Waals surface area contributed by atoms with E-state index in [-0.39, 0.29) is 11.2 Å². The van der Waals surface area contributed by atoms with E-state index >= 15 is 0 Å². The Balaban J connectivity index is 2.07. The lowest BCUT2D eigenvalue weighted by molar-refractivity contribution is -0.160. The van der Waals surface area contributed by atoms with E-state index in [0.717, 1.165) is 5.75 Å². The minimum absolute atomic E-state index is 0.162. The number of thioether (sulfide) groups is 1. The summed E-state index contributed by atoms with van der Waals surface area (Å²) in [5.74, 6) is 0.477. The molecule has 1 heterocycles. The van der Waals surface area contributed by atoms with Crippen molar-refractivity contribution in [3.8, 4) is 0 Å². The summed E-state index contributed by atoms with van der Waals surface area (Å²) in [6.07, 6.45) is 0.118. The largest absolute Gasteiger partial charge is 0.458 e. The van der Waals surface area contributed by atoms with Crippen LogP contribution in [-0.2, 0) is 20.0 Å². The van der Waals surface area contributed by atoms with E-state index in [4.69, 9.17) is 9.47 Å². The van der Waals surface area contributed by atoms with E-state index in [1.165, 1.54) is 10.5 Å². The smallest absolute Gasteiger partial charge is 0.411 e. The molecule has 5 nitrogen and oxygen atoms in total. The molecule has 0 aliphatic carbocycles. The van der Waals surface area contributed by atoms with Gasteiger partial charge in [0.15, 0.2) is 0 Å². The fourth-order valence-corrected chi connectivity index (χ4v) is 4.03. The molecule has 1 aliphatic rings. The third kappa shape index (κ3) is 7.09. The summed E-state index contributed by atoms with van der Waals surface area (Å²) in [7, 11) is 0. The van der Waals surface area contributed by atoms with Gasteiger partial charge in [0.05, 0.1) is 0 Å². The van der Waals surface area contributed by atoms with Crippen LogP contribution in [0.25, 0.3) is 0 Å². The molecule has 1 aromatic carbocycles.